The number of amidine groups is 1. The van der Waals surface area contributed by atoms with Gasteiger partial charge in [-0.1, -0.05) is 0 Å². The average Bonchev–Trinajstić information content (AvgIpc) is 2.57. The minimum Gasteiger partial charge on any atom is -0.420 e. The first kappa shape index (κ1) is 12.1. The van der Waals surface area contributed by atoms with Crippen LogP contribution in [0.3, 0.4) is 0 Å². The minimum atomic E-state index is -0.0607. The van der Waals surface area contributed by atoms with Crippen LogP contribution in [-0.4, -0.2) is 20.6 Å². The first-order valence-electron chi connectivity index (χ1n) is 5.47. The van der Waals surface area contributed by atoms with Crippen molar-refractivity contribution < 1.29 is 4.74 Å². The normalized spacial score (nSPS) is 10.4. The number of ether oxygens (including phenoxy) is 1. The summed E-state index contributed by atoms with van der Waals surface area (Å²) in [5, 5.41) is 11.8. The van der Waals surface area contributed by atoms with Gasteiger partial charge in [-0.3, -0.25) is 5.41 Å². The van der Waals surface area contributed by atoms with E-state index >= 15 is 0 Å². The third kappa shape index (κ3) is 2.17. The predicted octanol–water partition coefficient (Wildman–Crippen LogP) is 1.51. The molecule has 0 radical (unpaired) electrons. The molecule has 6 nitrogen and oxygen atoms in total. The summed E-state index contributed by atoms with van der Waals surface area (Å²) in [7, 11) is 1.78. The molecule has 0 bridgehead atoms. The molecule has 2 heterocycles. The van der Waals surface area contributed by atoms with Crippen LogP contribution in [0, 0.1) is 19.3 Å². The lowest BCUT2D eigenvalue weighted by Gasteiger charge is -2.10. The summed E-state index contributed by atoms with van der Waals surface area (Å²) in [4.78, 5) is 4.12. The number of rotatable bonds is 3. The van der Waals surface area contributed by atoms with Crippen molar-refractivity contribution in [1.82, 2.24) is 14.8 Å². The van der Waals surface area contributed by atoms with Crippen molar-refractivity contribution in [3.63, 3.8) is 0 Å². The first-order chi connectivity index (χ1) is 8.49. The quantitative estimate of drug-likeness (QED) is 0.633. The number of nitrogen functional groups attached to an aromatic ring is 1. The summed E-state index contributed by atoms with van der Waals surface area (Å²) in [6.07, 6.45) is 1.63. The second kappa shape index (κ2) is 4.48. The molecule has 3 N–H and O–H groups in total. The third-order valence-corrected chi connectivity index (χ3v) is 2.55. The zero-order valence-corrected chi connectivity index (χ0v) is 10.6. The van der Waals surface area contributed by atoms with Gasteiger partial charge in [0, 0.05) is 19.3 Å². The molecule has 2 rings (SSSR count). The first-order valence-corrected chi connectivity index (χ1v) is 5.47. The van der Waals surface area contributed by atoms with E-state index in [9.17, 15) is 0 Å². The van der Waals surface area contributed by atoms with E-state index < -0.39 is 0 Å². The van der Waals surface area contributed by atoms with Gasteiger partial charge in [0.25, 0.3) is 0 Å². The van der Waals surface area contributed by atoms with Crippen molar-refractivity contribution in [2.45, 2.75) is 13.8 Å². The summed E-state index contributed by atoms with van der Waals surface area (Å²) in [5.74, 6) is 0.827. The van der Waals surface area contributed by atoms with Crippen LogP contribution < -0.4 is 10.5 Å². The number of nitrogens with two attached hydrogens (primary N) is 1. The van der Waals surface area contributed by atoms with Gasteiger partial charge in [0.15, 0.2) is 0 Å². The number of aromatic nitrogens is 3. The molecule has 0 aromatic carbocycles. The minimum absolute atomic E-state index is 0.0607. The maximum absolute atomic E-state index is 7.58. The number of hydrogen-bond acceptors (Lipinski definition) is 4. The summed E-state index contributed by atoms with van der Waals surface area (Å²) < 4.78 is 7.29. The second-order valence-corrected chi connectivity index (χ2v) is 4.07. The van der Waals surface area contributed by atoms with Crippen LogP contribution in [0.25, 0.3) is 0 Å². The molecule has 0 aliphatic rings. The van der Waals surface area contributed by atoms with Gasteiger partial charge < -0.3 is 10.5 Å². The molecule has 0 amide bonds. The van der Waals surface area contributed by atoms with Gasteiger partial charge in [-0.25, -0.2) is 9.67 Å². The van der Waals surface area contributed by atoms with Crippen molar-refractivity contribution in [2.75, 3.05) is 0 Å². The Labute approximate surface area is 105 Å². The molecular weight excluding hydrogens is 230 g/mol. The molecule has 0 spiro atoms. The standard InChI is InChI=1S/C12H15N5O/c1-7-4-5-15-12(10(7)11(13)14)18-9-6-8(2)16-17(9)3/h4-6H,1-3H3,(H3,13,14). The van der Waals surface area contributed by atoms with E-state index in [1.165, 1.54) is 0 Å². The summed E-state index contributed by atoms with van der Waals surface area (Å²) in [6.45, 7) is 3.74. The number of hydrogen-bond donors (Lipinski definition) is 2. The average molecular weight is 245 g/mol. The molecule has 0 unspecified atom stereocenters. The van der Waals surface area contributed by atoms with Gasteiger partial charge in [-0.15, -0.1) is 0 Å². The lowest BCUT2D eigenvalue weighted by atomic mass is 10.1. The number of nitrogens with zero attached hydrogens (tertiary/aromatic N) is 3. The Morgan fingerprint density at radius 2 is 2.17 bits per heavy atom. The molecule has 94 valence electrons. The highest BCUT2D eigenvalue weighted by atomic mass is 16.5. The molecule has 2 aromatic rings. The van der Waals surface area contributed by atoms with Gasteiger partial charge in [0.2, 0.25) is 11.8 Å². The summed E-state index contributed by atoms with van der Waals surface area (Å²) in [5.41, 5.74) is 7.77. The van der Waals surface area contributed by atoms with Crippen LogP contribution in [0.5, 0.6) is 11.8 Å². The highest BCUT2D eigenvalue weighted by molar-refractivity contribution is 5.98. The number of aryl methyl sites for hydroxylation is 3. The number of nitrogens with one attached hydrogen (secondary N) is 1. The SMILES string of the molecule is Cc1cc(Oc2nccc(C)c2C(=N)N)n(C)n1. The van der Waals surface area contributed by atoms with Crippen molar-refractivity contribution >= 4 is 5.84 Å². The maximum atomic E-state index is 7.58. The van der Waals surface area contributed by atoms with Crippen LogP contribution in [0.15, 0.2) is 18.3 Å². The molecule has 0 aliphatic carbocycles. The smallest absolute Gasteiger partial charge is 0.232 e. The highest BCUT2D eigenvalue weighted by Gasteiger charge is 2.14. The van der Waals surface area contributed by atoms with E-state index in [1.54, 1.807) is 30.1 Å². The predicted molar refractivity (Wildman–Crippen MR) is 68.0 cm³/mol. The zero-order chi connectivity index (χ0) is 13.3. The molecule has 0 saturated carbocycles. The van der Waals surface area contributed by atoms with Gasteiger partial charge in [0.1, 0.15) is 5.84 Å². The lowest BCUT2D eigenvalue weighted by molar-refractivity contribution is 0.414. The van der Waals surface area contributed by atoms with E-state index in [0.29, 0.717) is 17.3 Å². The largest absolute Gasteiger partial charge is 0.420 e. The van der Waals surface area contributed by atoms with E-state index in [4.69, 9.17) is 15.9 Å². The van der Waals surface area contributed by atoms with E-state index in [2.05, 4.69) is 10.1 Å². The van der Waals surface area contributed by atoms with Crippen LogP contribution in [-0.2, 0) is 7.05 Å². The Morgan fingerprint density at radius 3 is 2.72 bits per heavy atom. The third-order valence-electron chi connectivity index (χ3n) is 2.55. The van der Waals surface area contributed by atoms with Gasteiger partial charge in [-0.2, -0.15) is 5.10 Å². The lowest BCUT2D eigenvalue weighted by Crippen LogP contribution is -2.15. The zero-order valence-electron chi connectivity index (χ0n) is 10.6. The molecule has 6 heteroatoms. The molecule has 0 atom stereocenters. The fraction of sp³-hybridized carbons (Fsp3) is 0.250. The van der Waals surface area contributed by atoms with Crippen molar-refractivity contribution in [3.05, 3.63) is 35.2 Å². The van der Waals surface area contributed by atoms with Crippen LogP contribution in [0.1, 0.15) is 16.8 Å². The van der Waals surface area contributed by atoms with E-state index in [0.717, 1.165) is 11.3 Å². The Bertz CT molecular complexity index is 603. The van der Waals surface area contributed by atoms with E-state index in [1.807, 2.05) is 13.8 Å². The van der Waals surface area contributed by atoms with Crippen molar-refractivity contribution in [1.29, 1.82) is 5.41 Å². The molecule has 18 heavy (non-hydrogen) atoms. The van der Waals surface area contributed by atoms with Gasteiger partial charge in [0.05, 0.1) is 11.3 Å². The highest BCUT2D eigenvalue weighted by Crippen LogP contribution is 2.24. The fourth-order valence-electron chi connectivity index (χ4n) is 1.72. The molecule has 0 aliphatic heterocycles. The van der Waals surface area contributed by atoms with Crippen molar-refractivity contribution in [2.24, 2.45) is 12.8 Å². The molecule has 0 saturated heterocycles. The maximum Gasteiger partial charge on any atom is 0.232 e. The second-order valence-electron chi connectivity index (χ2n) is 4.07. The van der Waals surface area contributed by atoms with Crippen molar-refractivity contribution in [3.8, 4) is 11.8 Å². The Balaban J connectivity index is 2.43. The fourth-order valence-corrected chi connectivity index (χ4v) is 1.72. The van der Waals surface area contributed by atoms with E-state index in [-0.39, 0.29) is 5.84 Å². The van der Waals surface area contributed by atoms with Crippen LogP contribution >= 0.6 is 0 Å². The summed E-state index contributed by atoms with van der Waals surface area (Å²) >= 11 is 0. The van der Waals surface area contributed by atoms with Gasteiger partial charge in [-0.05, 0) is 25.5 Å². The summed E-state index contributed by atoms with van der Waals surface area (Å²) in [6, 6.07) is 3.59. The van der Waals surface area contributed by atoms with Gasteiger partial charge >= 0.3 is 0 Å². The topological polar surface area (TPSA) is 89.8 Å². The molecular formula is C12H15N5O. The Hall–Kier alpha value is -2.37. The monoisotopic (exact) mass is 245 g/mol. The Kier molecular flexibility index (Phi) is 3.01. The molecule has 0 fully saturated rings. The molecule has 2 aromatic heterocycles. The van der Waals surface area contributed by atoms with Crippen LogP contribution in [0.2, 0.25) is 0 Å². The Morgan fingerprint density at radius 1 is 1.44 bits per heavy atom. The van der Waals surface area contributed by atoms with Crippen LogP contribution in [0.4, 0.5) is 0 Å². The number of pyridine rings is 1.